The maximum absolute atomic E-state index is 11.7. The Hall–Kier alpha value is -1.40. The molecule has 0 heterocycles. The highest BCUT2D eigenvalue weighted by molar-refractivity contribution is 7.86. The van der Waals surface area contributed by atoms with Gasteiger partial charge in [0.1, 0.15) is 0 Å². The highest BCUT2D eigenvalue weighted by atomic mass is 32.2. The van der Waals surface area contributed by atoms with E-state index in [0.717, 1.165) is 0 Å². The second-order valence-electron chi connectivity index (χ2n) is 3.26. The van der Waals surface area contributed by atoms with Crippen LogP contribution in [0.2, 0.25) is 0 Å². The van der Waals surface area contributed by atoms with Crippen molar-refractivity contribution in [3.05, 3.63) is 30.3 Å². The molecule has 0 aliphatic carbocycles. The molecule has 0 saturated carbocycles. The average molecular weight is 258 g/mol. The van der Waals surface area contributed by atoms with Crippen LogP contribution in [0, 0.1) is 0 Å². The molecule has 0 aromatic heterocycles. The molecule has 0 aliphatic rings. The molecule has 1 aromatic carbocycles. The largest absolute Gasteiger partial charge is 0.464 e. The van der Waals surface area contributed by atoms with E-state index in [0.29, 0.717) is 0 Å². The molecule has 1 unspecified atom stereocenters. The fraction of sp³-hybridized carbons (Fsp3) is 0.364. The summed E-state index contributed by atoms with van der Waals surface area (Å²) in [6.07, 6.45) is -1.15. The van der Waals surface area contributed by atoms with Crippen molar-refractivity contribution in [1.29, 1.82) is 0 Å². The van der Waals surface area contributed by atoms with Crippen LogP contribution in [0.25, 0.3) is 0 Å². The van der Waals surface area contributed by atoms with Crippen LogP contribution >= 0.6 is 0 Å². The molecule has 1 atom stereocenters. The molecule has 17 heavy (non-hydrogen) atoms. The highest BCUT2D eigenvalue weighted by Crippen LogP contribution is 2.13. The van der Waals surface area contributed by atoms with E-state index in [1.165, 1.54) is 19.1 Å². The van der Waals surface area contributed by atoms with Gasteiger partial charge >= 0.3 is 5.97 Å². The van der Waals surface area contributed by atoms with Gasteiger partial charge in [-0.15, -0.1) is 0 Å². The molecule has 5 nitrogen and oxygen atoms in total. The summed E-state index contributed by atoms with van der Waals surface area (Å²) >= 11 is 0. The third-order valence-electron chi connectivity index (χ3n) is 1.92. The van der Waals surface area contributed by atoms with Gasteiger partial charge in [0, 0.05) is 0 Å². The molecule has 1 rings (SSSR count). The number of benzene rings is 1. The Morgan fingerprint density at radius 2 is 1.88 bits per heavy atom. The van der Waals surface area contributed by atoms with Gasteiger partial charge in [-0.25, -0.2) is 4.79 Å². The first kappa shape index (κ1) is 13.7. The molecule has 0 fully saturated rings. The molecule has 0 N–H and O–H groups in total. The van der Waals surface area contributed by atoms with Crippen LogP contribution in [0.5, 0.6) is 0 Å². The predicted molar refractivity (Wildman–Crippen MR) is 60.8 cm³/mol. The van der Waals surface area contributed by atoms with Gasteiger partial charge in [-0.3, -0.25) is 4.18 Å². The first-order valence-electron chi connectivity index (χ1n) is 5.12. The number of hydrogen-bond acceptors (Lipinski definition) is 5. The molecule has 0 saturated heterocycles. The molecular formula is C11H14O5S. The number of carbonyl (C=O) groups is 1. The Morgan fingerprint density at radius 1 is 1.29 bits per heavy atom. The second kappa shape index (κ2) is 5.79. The average Bonchev–Trinajstić information content (AvgIpc) is 2.30. The van der Waals surface area contributed by atoms with Crippen LogP contribution < -0.4 is 0 Å². The van der Waals surface area contributed by atoms with Gasteiger partial charge in [0.2, 0.25) is 0 Å². The molecule has 0 bridgehead atoms. The van der Waals surface area contributed by atoms with Crippen molar-refractivity contribution in [2.75, 3.05) is 6.61 Å². The van der Waals surface area contributed by atoms with Gasteiger partial charge < -0.3 is 4.74 Å². The van der Waals surface area contributed by atoms with Crippen molar-refractivity contribution in [3.8, 4) is 0 Å². The molecular weight excluding hydrogens is 244 g/mol. The monoisotopic (exact) mass is 258 g/mol. The summed E-state index contributed by atoms with van der Waals surface area (Å²) in [6, 6.07) is 7.63. The minimum atomic E-state index is -3.92. The van der Waals surface area contributed by atoms with E-state index in [1.54, 1.807) is 25.1 Å². The van der Waals surface area contributed by atoms with E-state index in [1.807, 2.05) is 0 Å². The minimum absolute atomic E-state index is 0.0103. The Bertz CT molecular complexity index is 466. The smallest absolute Gasteiger partial charge is 0.336 e. The van der Waals surface area contributed by atoms with Gasteiger partial charge in [0.15, 0.2) is 6.10 Å². The van der Waals surface area contributed by atoms with Crippen molar-refractivity contribution in [2.24, 2.45) is 0 Å². The number of ether oxygens (including phenoxy) is 1. The maximum atomic E-state index is 11.7. The summed E-state index contributed by atoms with van der Waals surface area (Å²) in [6.45, 7) is 3.15. The lowest BCUT2D eigenvalue weighted by atomic mass is 10.4. The molecule has 6 heteroatoms. The number of hydrogen-bond donors (Lipinski definition) is 0. The normalized spacial score (nSPS) is 13.1. The van der Waals surface area contributed by atoms with Gasteiger partial charge in [-0.1, -0.05) is 18.2 Å². The second-order valence-corrected chi connectivity index (χ2v) is 4.83. The first-order valence-corrected chi connectivity index (χ1v) is 6.53. The zero-order valence-electron chi connectivity index (χ0n) is 9.62. The Labute approximate surface area is 100 Å². The van der Waals surface area contributed by atoms with Crippen molar-refractivity contribution < 1.29 is 22.1 Å². The van der Waals surface area contributed by atoms with Crippen molar-refractivity contribution >= 4 is 16.1 Å². The topological polar surface area (TPSA) is 69.7 Å². The van der Waals surface area contributed by atoms with Crippen LogP contribution in [0.15, 0.2) is 35.2 Å². The summed E-state index contributed by atoms with van der Waals surface area (Å²) in [5.41, 5.74) is 0. The van der Waals surface area contributed by atoms with E-state index in [-0.39, 0.29) is 11.5 Å². The van der Waals surface area contributed by atoms with Crippen LogP contribution in [0.3, 0.4) is 0 Å². The van der Waals surface area contributed by atoms with Crippen LogP contribution in [0.1, 0.15) is 13.8 Å². The third-order valence-corrected chi connectivity index (χ3v) is 3.31. The fourth-order valence-electron chi connectivity index (χ4n) is 1.13. The Balaban J connectivity index is 2.78. The van der Waals surface area contributed by atoms with Crippen LogP contribution in [-0.2, 0) is 23.8 Å². The van der Waals surface area contributed by atoms with Crippen LogP contribution in [-0.4, -0.2) is 27.1 Å². The predicted octanol–water partition coefficient (Wildman–Crippen LogP) is 1.34. The minimum Gasteiger partial charge on any atom is -0.464 e. The highest BCUT2D eigenvalue weighted by Gasteiger charge is 2.24. The molecule has 0 spiro atoms. The quantitative estimate of drug-likeness (QED) is 0.589. The number of carbonyl (C=O) groups excluding carboxylic acids is 1. The molecule has 94 valence electrons. The Morgan fingerprint density at radius 3 is 2.41 bits per heavy atom. The third kappa shape index (κ3) is 3.83. The van der Waals surface area contributed by atoms with E-state index < -0.39 is 22.2 Å². The maximum Gasteiger partial charge on any atom is 0.336 e. The molecule has 0 radical (unpaired) electrons. The summed E-state index contributed by atoms with van der Waals surface area (Å²) in [7, 11) is -3.92. The fourth-order valence-corrected chi connectivity index (χ4v) is 2.19. The van der Waals surface area contributed by atoms with Crippen molar-refractivity contribution in [2.45, 2.75) is 24.8 Å². The molecule has 0 amide bonds. The van der Waals surface area contributed by atoms with Gasteiger partial charge in [0.25, 0.3) is 10.1 Å². The number of rotatable bonds is 5. The van der Waals surface area contributed by atoms with E-state index in [9.17, 15) is 13.2 Å². The van der Waals surface area contributed by atoms with Crippen LogP contribution in [0.4, 0.5) is 0 Å². The zero-order chi connectivity index (χ0) is 12.9. The first-order chi connectivity index (χ1) is 7.97. The lowest BCUT2D eigenvalue weighted by Crippen LogP contribution is -2.26. The lowest BCUT2D eigenvalue weighted by molar-refractivity contribution is -0.150. The summed E-state index contributed by atoms with van der Waals surface area (Å²) in [5, 5.41) is 0. The zero-order valence-corrected chi connectivity index (χ0v) is 10.4. The number of esters is 1. The summed E-state index contributed by atoms with van der Waals surface area (Å²) in [4.78, 5) is 11.3. The van der Waals surface area contributed by atoms with Gasteiger partial charge in [-0.05, 0) is 26.0 Å². The molecule has 0 aliphatic heterocycles. The van der Waals surface area contributed by atoms with Crippen molar-refractivity contribution in [3.63, 3.8) is 0 Å². The van der Waals surface area contributed by atoms with E-state index in [2.05, 4.69) is 4.74 Å². The van der Waals surface area contributed by atoms with E-state index >= 15 is 0 Å². The van der Waals surface area contributed by atoms with Crippen molar-refractivity contribution in [1.82, 2.24) is 0 Å². The Kier molecular flexibility index (Phi) is 4.65. The standard InChI is InChI=1S/C11H14O5S/c1-3-15-11(12)9(2)16-17(13,14)10-7-5-4-6-8-10/h4-9H,3H2,1-2H3. The van der Waals surface area contributed by atoms with E-state index in [4.69, 9.17) is 4.18 Å². The lowest BCUT2D eigenvalue weighted by Gasteiger charge is -2.11. The SMILES string of the molecule is CCOC(=O)C(C)OS(=O)(=O)c1ccccc1. The van der Waals surface area contributed by atoms with Gasteiger partial charge in [0.05, 0.1) is 11.5 Å². The summed E-state index contributed by atoms with van der Waals surface area (Å²) in [5.74, 6) is -0.702. The summed E-state index contributed by atoms with van der Waals surface area (Å²) < 4.78 is 32.8. The molecule has 1 aromatic rings. The van der Waals surface area contributed by atoms with Gasteiger partial charge in [-0.2, -0.15) is 8.42 Å².